The summed E-state index contributed by atoms with van der Waals surface area (Å²) in [5, 5.41) is 124. The average Bonchev–Trinajstić information content (AvgIpc) is 0.763. The van der Waals surface area contributed by atoms with Crippen LogP contribution in [0.15, 0.2) is 133 Å². The summed E-state index contributed by atoms with van der Waals surface area (Å²) >= 11 is 20.6. The maximum absolute atomic E-state index is 16.4. The predicted octanol–water partition coefficient (Wildman–Crippen LogP) is 5.35. The first-order valence-electron chi connectivity index (χ1n) is 39.1. The number of benzene rings is 7. The molecule has 2 saturated heterocycles. The zero-order chi connectivity index (χ0) is 87.9. The van der Waals surface area contributed by atoms with Crippen LogP contribution in [-0.2, 0) is 59.1 Å². The summed E-state index contributed by atoms with van der Waals surface area (Å²) in [5.74, 6) is -14.7. The molecule has 10 unspecified atom stereocenters. The smallest absolute Gasteiger partial charge is 0.248 e. The standard InChI is InChI=1S/C83H93Cl3N14O22/c1-36(2)24-51(90-5)75(110)98-66-68(105)42-15-20-55(49(85)26-42)118-57-28-44-29-58(72(57)122-82-73(71(108)70(107)59(120-82)35-93-100-89)121-61-33-83(4,74(109)37(3)117-61)92-34-38-8-10-39(11-9-38)40-12-17-45(84)18-13-40)119-56-21-16-43(27-50(56)86)69(106)67-81(116)97-65(77(112)91-23-7-6-22-87)48-30-46(101)31-54(103)62(48)47-25-41(14-19-53(47)102)63(78(113)99-67)96-79(114)64(44)95-76(111)52(32-60(88)104)94-80(66)115/h8-21,25-31,36-37,51-52,59,61,63-71,73-74,82,90,92,101-103,105-109H,6-7,22-24,32-35,87H2,1-5H3,(H2,88,104)(H,91,112)(H,94,115)(H,95,111)(H,96,114)(H,97,116)(H,98,110)(H,99,113)/t37?,51-,52+,59?,61?,63?,64-,65+,66-,67+,68-,69-,70?,71?,73?,74?,82?,83?/m1/s1. The van der Waals surface area contributed by atoms with Gasteiger partial charge in [-0.1, -0.05) is 108 Å². The van der Waals surface area contributed by atoms with Gasteiger partial charge in [-0.2, -0.15) is 0 Å². The molecule has 21 N–H and O–H groups in total. The number of phenolic OH excluding ortho intramolecular Hbond substituents is 3. The van der Waals surface area contributed by atoms with Gasteiger partial charge >= 0.3 is 0 Å². The third kappa shape index (κ3) is 20.4. The lowest BCUT2D eigenvalue weighted by atomic mass is 9.84. The number of azide groups is 1. The van der Waals surface area contributed by atoms with Gasteiger partial charge in [0, 0.05) is 52.2 Å². The highest BCUT2D eigenvalue weighted by Crippen LogP contribution is 2.50. The molecule has 7 aromatic rings. The summed E-state index contributed by atoms with van der Waals surface area (Å²) < 4.78 is 40.0. The minimum atomic E-state index is -2.37. The molecule has 14 rings (SSSR count). The normalized spacial score (nSPS) is 26.2. The van der Waals surface area contributed by atoms with E-state index in [9.17, 15) is 60.8 Å². The van der Waals surface area contributed by atoms with Crippen molar-refractivity contribution in [3.05, 3.63) is 186 Å². The van der Waals surface area contributed by atoms with E-state index < -0.39 is 220 Å². The molecular weight excluding hydrogens is 1650 g/mol. The summed E-state index contributed by atoms with van der Waals surface area (Å²) in [5.41, 5.74) is 20.3. The van der Waals surface area contributed by atoms with E-state index in [0.29, 0.717) is 17.9 Å². The second kappa shape index (κ2) is 38.9. The number of aliphatic hydroxyl groups is 5. The molecule has 39 heteroatoms. The van der Waals surface area contributed by atoms with Gasteiger partial charge in [-0.3, -0.25) is 38.4 Å². The Morgan fingerprint density at radius 3 is 1.94 bits per heavy atom. The fraction of sp³-hybridized carbons (Fsp3) is 0.398. The number of hydrogen-bond donors (Lipinski definition) is 19. The number of halogens is 3. The Morgan fingerprint density at radius 1 is 0.697 bits per heavy atom. The van der Waals surface area contributed by atoms with E-state index in [2.05, 4.69) is 57.9 Å². The lowest BCUT2D eigenvalue weighted by Crippen LogP contribution is -2.65. The van der Waals surface area contributed by atoms with E-state index >= 15 is 24.0 Å². The molecule has 0 aliphatic carbocycles. The largest absolute Gasteiger partial charge is 0.508 e. The number of likely N-dealkylation sites (N-methyl/N-ethyl adjacent to an activating group) is 1. The van der Waals surface area contributed by atoms with Crippen LogP contribution in [0, 0.1) is 5.92 Å². The molecule has 0 spiro atoms. The number of phenols is 3. The van der Waals surface area contributed by atoms with Crippen LogP contribution < -0.4 is 73.5 Å². The second-order valence-corrected chi connectivity index (χ2v) is 32.1. The number of nitrogens with zero attached hydrogens (tertiary/aromatic N) is 3. The number of carbonyl (C=O) groups excluding carboxylic acids is 8. The summed E-state index contributed by atoms with van der Waals surface area (Å²) in [6.07, 6.45) is -17.9. The number of rotatable bonds is 22. The summed E-state index contributed by atoms with van der Waals surface area (Å²) in [4.78, 5) is 123. The van der Waals surface area contributed by atoms with Crippen molar-refractivity contribution in [2.45, 2.75) is 176 Å². The van der Waals surface area contributed by atoms with Gasteiger partial charge in [0.15, 0.2) is 23.9 Å². The van der Waals surface area contributed by atoms with Gasteiger partial charge < -0.3 is 129 Å². The molecule has 0 aromatic heterocycles. The zero-order valence-electron chi connectivity index (χ0n) is 66.3. The van der Waals surface area contributed by atoms with Gasteiger partial charge in [-0.25, -0.2) is 0 Å². The molecule has 7 aliphatic rings. The van der Waals surface area contributed by atoms with Crippen molar-refractivity contribution >= 4 is 82.1 Å². The fourth-order valence-corrected chi connectivity index (χ4v) is 15.7. The van der Waals surface area contributed by atoms with Crippen LogP contribution in [0.1, 0.15) is 124 Å². The summed E-state index contributed by atoms with van der Waals surface area (Å²) in [6.45, 7) is 6.66. The Balaban J connectivity index is 1.05. The van der Waals surface area contributed by atoms with Crippen LogP contribution in [0.2, 0.25) is 15.1 Å². The number of primary amides is 1. The highest BCUT2D eigenvalue weighted by Gasteiger charge is 2.52. The molecular formula is C83H93Cl3N14O22. The van der Waals surface area contributed by atoms with Crippen molar-refractivity contribution in [2.24, 2.45) is 22.5 Å². The minimum absolute atomic E-state index is 0.0304. The molecule has 11 bridgehead atoms. The van der Waals surface area contributed by atoms with Crippen molar-refractivity contribution in [1.82, 2.24) is 47.9 Å². The van der Waals surface area contributed by atoms with Gasteiger partial charge in [0.25, 0.3) is 0 Å². The van der Waals surface area contributed by atoms with Crippen molar-refractivity contribution in [3.8, 4) is 68.2 Å². The highest BCUT2D eigenvalue weighted by molar-refractivity contribution is 6.32. The SMILES string of the molecule is CN[C@H](CC(C)C)C(=O)N[C@H]1C(=O)N[C@@H](CC(N)=O)C(=O)N[C@H]2C(=O)NC3C(=O)N[C@H](C(=O)N[C@H](C(=O)NCCCCN)c4cc(O)cc(O)c4-c4cc3ccc4O)[C@H](O)c3ccc(c(Cl)c3)Oc3cc2cc(c3OC2OC(CN=[N+]=[N-])C(O)C(O)C2OC2CC(C)(NCc3ccc(-c4ccc(Cl)cc4)cc3)C(O)C(C)O2)Oc2ccc(cc2Cl)[C@H]1O. The molecule has 8 amide bonds. The monoisotopic (exact) mass is 1740 g/mol. The van der Waals surface area contributed by atoms with Crippen LogP contribution in [-0.4, -0.2) is 194 Å². The Labute approximate surface area is 713 Å². The van der Waals surface area contributed by atoms with Crippen LogP contribution in [0.4, 0.5) is 0 Å². The first-order valence-corrected chi connectivity index (χ1v) is 40.2. The number of aliphatic hydroxyl groups excluding tert-OH is 5. The molecule has 0 radical (unpaired) electrons. The molecule has 7 aliphatic heterocycles. The first kappa shape index (κ1) is 90.1. The molecule has 648 valence electrons. The predicted molar refractivity (Wildman–Crippen MR) is 439 cm³/mol. The number of fused-ring (bicyclic) bond motifs is 15. The Kier molecular flexibility index (Phi) is 28.7. The van der Waals surface area contributed by atoms with E-state index in [1.54, 1.807) is 26.0 Å². The number of nitrogens with two attached hydrogens (primary N) is 2. The number of nitrogens with one attached hydrogen (secondary N) is 9. The van der Waals surface area contributed by atoms with Crippen LogP contribution in [0.5, 0.6) is 46.0 Å². The third-order valence-electron chi connectivity index (χ3n) is 21.7. The Hall–Kier alpha value is -11.2. The van der Waals surface area contributed by atoms with Gasteiger partial charge in [-0.05, 0) is 169 Å². The number of unbranched alkanes of at least 4 members (excludes halogenated alkanes) is 1. The van der Waals surface area contributed by atoms with Crippen molar-refractivity contribution in [1.29, 1.82) is 0 Å². The van der Waals surface area contributed by atoms with Crippen molar-refractivity contribution in [3.63, 3.8) is 0 Å². The third-order valence-corrected chi connectivity index (χ3v) is 22.5. The second-order valence-electron chi connectivity index (χ2n) is 30.9. The minimum Gasteiger partial charge on any atom is -0.508 e. The van der Waals surface area contributed by atoms with Gasteiger partial charge in [-0.15, -0.1) is 0 Å². The van der Waals surface area contributed by atoms with Crippen LogP contribution in [0.3, 0.4) is 0 Å². The number of amides is 8. The van der Waals surface area contributed by atoms with E-state index in [4.69, 9.17) is 74.7 Å². The van der Waals surface area contributed by atoms with E-state index in [0.717, 1.165) is 77.4 Å². The molecule has 7 heterocycles. The average molecular weight is 1750 g/mol. The number of carbonyl (C=O) groups is 8. The summed E-state index contributed by atoms with van der Waals surface area (Å²) in [7, 11) is 1.48. The maximum atomic E-state index is 16.4. The molecule has 36 nitrogen and oxygen atoms in total. The lowest BCUT2D eigenvalue weighted by molar-refractivity contribution is -0.331. The Morgan fingerprint density at radius 2 is 1.32 bits per heavy atom. The number of ether oxygens (including phenoxy) is 6. The molecule has 18 atom stereocenters. The molecule has 2 fully saturated rings. The first-order chi connectivity index (χ1) is 58.1. The number of aromatic hydroxyl groups is 3. The fourth-order valence-electron chi connectivity index (χ4n) is 15.1. The molecule has 7 aromatic carbocycles. The quantitative estimate of drug-likeness (QED) is 0.0176. The van der Waals surface area contributed by atoms with Gasteiger partial charge in [0.1, 0.15) is 89.4 Å². The topological polar surface area (TPSA) is 563 Å². The molecule has 122 heavy (non-hydrogen) atoms. The van der Waals surface area contributed by atoms with E-state index in [1.165, 1.54) is 25.2 Å². The van der Waals surface area contributed by atoms with Gasteiger partial charge in [0.2, 0.25) is 59.3 Å². The Bertz CT molecular complexity index is 5150. The maximum Gasteiger partial charge on any atom is 0.248 e. The number of hydrogen-bond acceptors (Lipinski definition) is 26. The van der Waals surface area contributed by atoms with E-state index in [-0.39, 0.29) is 82.7 Å². The molecule has 0 saturated carbocycles. The summed E-state index contributed by atoms with van der Waals surface area (Å²) in [6, 6.07) is 15.2. The van der Waals surface area contributed by atoms with Crippen molar-refractivity contribution < 1.29 is 108 Å². The van der Waals surface area contributed by atoms with Gasteiger partial charge in [0.05, 0.1) is 47.4 Å². The van der Waals surface area contributed by atoms with E-state index in [1.807, 2.05) is 50.2 Å². The van der Waals surface area contributed by atoms with Crippen LogP contribution >= 0.6 is 34.8 Å². The van der Waals surface area contributed by atoms with Crippen molar-refractivity contribution in [2.75, 3.05) is 26.7 Å². The zero-order valence-corrected chi connectivity index (χ0v) is 68.6. The highest BCUT2D eigenvalue weighted by atomic mass is 35.5. The van der Waals surface area contributed by atoms with Crippen LogP contribution in [0.25, 0.3) is 32.7 Å². The lowest BCUT2D eigenvalue weighted by Gasteiger charge is -2.48.